The van der Waals surface area contributed by atoms with Crippen LogP contribution in [0.1, 0.15) is 24.2 Å². The third kappa shape index (κ3) is 1.41. The first-order valence-electron chi connectivity index (χ1n) is 5.08. The molecule has 0 aliphatic heterocycles. The monoisotopic (exact) mass is 219 g/mol. The van der Waals surface area contributed by atoms with Crippen molar-refractivity contribution in [2.75, 3.05) is 0 Å². The summed E-state index contributed by atoms with van der Waals surface area (Å²) in [5, 5.41) is 2.10. The largest absolute Gasteiger partial charge is 0.340 e. The van der Waals surface area contributed by atoms with Gasteiger partial charge in [0.1, 0.15) is 5.82 Å². The maximum Gasteiger partial charge on any atom is 0.126 e. The number of aryl methyl sites for hydroxylation is 1. The van der Waals surface area contributed by atoms with E-state index in [-0.39, 0.29) is 5.54 Å². The van der Waals surface area contributed by atoms with Gasteiger partial charge in [-0.3, -0.25) is 0 Å². The third-order valence-electron chi connectivity index (χ3n) is 2.94. The Hall–Kier alpha value is -1.13. The van der Waals surface area contributed by atoms with Gasteiger partial charge in [-0.2, -0.15) is 0 Å². The number of nitrogens with zero attached hydrogens (tertiary/aromatic N) is 1. The van der Waals surface area contributed by atoms with E-state index in [1.807, 2.05) is 6.20 Å². The van der Waals surface area contributed by atoms with Crippen LogP contribution in [0.3, 0.4) is 0 Å². The van der Waals surface area contributed by atoms with E-state index in [1.54, 1.807) is 11.3 Å². The quantitative estimate of drug-likeness (QED) is 0.814. The first-order chi connectivity index (χ1) is 7.19. The van der Waals surface area contributed by atoms with Crippen molar-refractivity contribution < 1.29 is 0 Å². The van der Waals surface area contributed by atoms with Crippen molar-refractivity contribution in [1.29, 1.82) is 0 Å². The molecule has 78 valence electrons. The van der Waals surface area contributed by atoms with Gasteiger partial charge >= 0.3 is 0 Å². The van der Waals surface area contributed by atoms with E-state index in [0.717, 1.165) is 24.4 Å². The number of rotatable bonds is 2. The summed E-state index contributed by atoms with van der Waals surface area (Å²) in [5.74, 6) is 0.935. The number of hydrogen-bond donors (Lipinski definition) is 2. The Morgan fingerprint density at radius 2 is 2.33 bits per heavy atom. The third-order valence-corrected chi connectivity index (χ3v) is 3.99. The second kappa shape index (κ2) is 2.93. The second-order valence-electron chi connectivity index (χ2n) is 4.23. The van der Waals surface area contributed by atoms with E-state index in [2.05, 4.69) is 28.3 Å². The molecule has 2 heterocycles. The molecule has 3 nitrogen and oxygen atoms in total. The summed E-state index contributed by atoms with van der Waals surface area (Å²) in [7, 11) is 0. The molecule has 1 aliphatic carbocycles. The minimum atomic E-state index is -0.163. The maximum atomic E-state index is 6.08. The van der Waals surface area contributed by atoms with Gasteiger partial charge in [0, 0.05) is 0 Å². The first kappa shape index (κ1) is 9.12. The van der Waals surface area contributed by atoms with Crippen molar-refractivity contribution in [3.8, 4) is 10.6 Å². The number of hydrogen-bond acceptors (Lipinski definition) is 3. The van der Waals surface area contributed by atoms with Crippen molar-refractivity contribution in [1.82, 2.24) is 9.97 Å². The fraction of sp³-hybridized carbons (Fsp3) is 0.364. The van der Waals surface area contributed by atoms with Crippen LogP contribution in [-0.2, 0) is 5.54 Å². The molecule has 3 N–H and O–H groups in total. The number of imidazole rings is 1. The fourth-order valence-corrected chi connectivity index (χ4v) is 2.60. The SMILES string of the molecule is Cc1ccsc1-c1cnc(C2(N)CC2)[nH]1. The average Bonchev–Trinajstić information content (AvgIpc) is 2.70. The Morgan fingerprint density at radius 3 is 2.93 bits per heavy atom. The lowest BCUT2D eigenvalue weighted by atomic mass is 10.2. The summed E-state index contributed by atoms with van der Waals surface area (Å²) in [4.78, 5) is 8.97. The van der Waals surface area contributed by atoms with E-state index in [4.69, 9.17) is 5.73 Å². The average molecular weight is 219 g/mol. The molecule has 2 aromatic rings. The highest BCUT2D eigenvalue weighted by atomic mass is 32.1. The molecule has 0 unspecified atom stereocenters. The van der Waals surface area contributed by atoms with Crippen LogP contribution < -0.4 is 5.73 Å². The number of aromatic amines is 1. The minimum Gasteiger partial charge on any atom is -0.340 e. The van der Waals surface area contributed by atoms with Crippen molar-refractivity contribution in [2.24, 2.45) is 5.73 Å². The lowest BCUT2D eigenvalue weighted by molar-refractivity contribution is 0.685. The van der Waals surface area contributed by atoms with Crippen molar-refractivity contribution in [3.05, 3.63) is 29.0 Å². The highest BCUT2D eigenvalue weighted by molar-refractivity contribution is 7.13. The topological polar surface area (TPSA) is 54.7 Å². The van der Waals surface area contributed by atoms with Gasteiger partial charge in [-0.15, -0.1) is 11.3 Å². The van der Waals surface area contributed by atoms with Gasteiger partial charge in [-0.25, -0.2) is 4.98 Å². The fourth-order valence-electron chi connectivity index (χ4n) is 1.71. The predicted molar refractivity (Wildman–Crippen MR) is 61.7 cm³/mol. The first-order valence-corrected chi connectivity index (χ1v) is 5.96. The molecule has 1 fully saturated rings. The van der Waals surface area contributed by atoms with Crippen LogP contribution in [0.2, 0.25) is 0 Å². The smallest absolute Gasteiger partial charge is 0.126 e. The maximum absolute atomic E-state index is 6.08. The molecular weight excluding hydrogens is 206 g/mol. The van der Waals surface area contributed by atoms with Crippen molar-refractivity contribution in [3.63, 3.8) is 0 Å². The van der Waals surface area contributed by atoms with E-state index in [9.17, 15) is 0 Å². The Bertz CT molecular complexity index is 493. The lowest BCUT2D eigenvalue weighted by Gasteiger charge is -2.02. The lowest BCUT2D eigenvalue weighted by Crippen LogP contribution is -2.20. The van der Waals surface area contributed by atoms with Crippen molar-refractivity contribution in [2.45, 2.75) is 25.3 Å². The predicted octanol–water partition coefficient (Wildman–Crippen LogP) is 2.39. The molecule has 3 rings (SSSR count). The molecule has 0 amide bonds. The summed E-state index contributed by atoms with van der Waals surface area (Å²) >= 11 is 1.73. The van der Waals surface area contributed by atoms with Gasteiger partial charge in [-0.1, -0.05) is 0 Å². The normalized spacial score (nSPS) is 18.0. The minimum absolute atomic E-state index is 0.163. The molecule has 0 bridgehead atoms. The van der Waals surface area contributed by atoms with E-state index >= 15 is 0 Å². The zero-order chi connectivity index (χ0) is 10.5. The van der Waals surface area contributed by atoms with Gasteiger partial charge in [0.25, 0.3) is 0 Å². The van der Waals surface area contributed by atoms with Crippen LogP contribution >= 0.6 is 11.3 Å². The second-order valence-corrected chi connectivity index (χ2v) is 5.15. The van der Waals surface area contributed by atoms with E-state index < -0.39 is 0 Å². The number of aromatic nitrogens is 2. The van der Waals surface area contributed by atoms with Crippen LogP contribution in [0.15, 0.2) is 17.6 Å². The number of thiophene rings is 1. The number of nitrogens with two attached hydrogens (primary N) is 1. The standard InChI is InChI=1S/C11H13N3S/c1-7-2-5-15-9(7)8-6-13-10(14-8)11(12)3-4-11/h2,5-6H,3-4,12H2,1H3,(H,13,14). The molecule has 0 saturated heterocycles. The molecule has 1 saturated carbocycles. The molecule has 0 radical (unpaired) electrons. The van der Waals surface area contributed by atoms with Crippen LogP contribution in [0.4, 0.5) is 0 Å². The summed E-state index contributed by atoms with van der Waals surface area (Å²) in [6, 6.07) is 2.12. The van der Waals surface area contributed by atoms with Gasteiger partial charge in [0.15, 0.2) is 0 Å². The zero-order valence-electron chi connectivity index (χ0n) is 8.58. The summed E-state index contributed by atoms with van der Waals surface area (Å²) in [6.45, 7) is 2.11. The highest BCUT2D eigenvalue weighted by Crippen LogP contribution is 2.41. The Balaban J connectivity index is 2.01. The summed E-state index contributed by atoms with van der Waals surface area (Å²) < 4.78 is 0. The molecule has 0 atom stereocenters. The van der Waals surface area contributed by atoms with Crippen LogP contribution in [0.5, 0.6) is 0 Å². The summed E-state index contributed by atoms with van der Waals surface area (Å²) in [5.41, 5.74) is 8.30. The highest BCUT2D eigenvalue weighted by Gasteiger charge is 2.42. The van der Waals surface area contributed by atoms with Crippen LogP contribution in [-0.4, -0.2) is 9.97 Å². The van der Waals surface area contributed by atoms with E-state index in [0.29, 0.717) is 0 Å². The van der Waals surface area contributed by atoms with Gasteiger partial charge < -0.3 is 10.7 Å². The Morgan fingerprint density at radius 1 is 1.53 bits per heavy atom. The van der Waals surface area contributed by atoms with Crippen LogP contribution in [0, 0.1) is 6.92 Å². The molecule has 0 aromatic carbocycles. The zero-order valence-corrected chi connectivity index (χ0v) is 9.40. The molecule has 1 aliphatic rings. The Labute approximate surface area is 92.4 Å². The Kier molecular flexibility index (Phi) is 1.78. The number of nitrogens with one attached hydrogen (secondary N) is 1. The molecule has 2 aromatic heterocycles. The summed E-state index contributed by atoms with van der Waals surface area (Å²) in [6.07, 6.45) is 3.98. The van der Waals surface area contributed by atoms with E-state index in [1.165, 1.54) is 10.4 Å². The van der Waals surface area contributed by atoms with Gasteiger partial charge in [0.05, 0.1) is 22.3 Å². The van der Waals surface area contributed by atoms with Gasteiger partial charge in [0.2, 0.25) is 0 Å². The van der Waals surface area contributed by atoms with Crippen molar-refractivity contribution >= 4 is 11.3 Å². The number of H-pyrrole nitrogens is 1. The molecular formula is C11H13N3S. The molecule has 4 heteroatoms. The molecule has 0 spiro atoms. The van der Waals surface area contributed by atoms with Gasteiger partial charge in [-0.05, 0) is 36.8 Å². The van der Waals surface area contributed by atoms with Crippen LogP contribution in [0.25, 0.3) is 10.6 Å². The molecule has 15 heavy (non-hydrogen) atoms.